The third-order valence-corrected chi connectivity index (χ3v) is 4.92. The van der Waals surface area contributed by atoms with Crippen molar-refractivity contribution in [1.82, 2.24) is 0 Å². The normalized spacial score (nSPS) is 10.5. The smallest absolute Gasteiger partial charge is 0.323 e. The Kier molecular flexibility index (Phi) is 12.1. The van der Waals surface area contributed by atoms with Crippen LogP contribution in [0.5, 0.6) is 0 Å². The molecule has 0 saturated heterocycles. The van der Waals surface area contributed by atoms with Crippen molar-refractivity contribution in [3.8, 4) is 6.07 Å². The number of esters is 3. The summed E-state index contributed by atoms with van der Waals surface area (Å²) >= 11 is 0. The zero-order chi connectivity index (χ0) is 23.8. The Morgan fingerprint density at radius 3 is 2.06 bits per heavy atom. The highest BCUT2D eigenvalue weighted by molar-refractivity contribution is 6.00. The Morgan fingerprint density at radius 2 is 1.56 bits per heavy atom. The maximum Gasteiger partial charge on any atom is 0.323 e. The van der Waals surface area contributed by atoms with E-state index in [9.17, 15) is 14.4 Å². The lowest BCUT2D eigenvalue weighted by atomic mass is 9.77. The maximum absolute atomic E-state index is 13.1. The van der Waals surface area contributed by atoms with E-state index in [0.717, 1.165) is 5.56 Å². The molecule has 7 nitrogen and oxygen atoms in total. The molecular formula is C25H32NO6+. The van der Waals surface area contributed by atoms with Crippen molar-refractivity contribution >= 4 is 17.9 Å². The molecule has 7 heteroatoms. The molecule has 0 radical (unpaired) electrons. The van der Waals surface area contributed by atoms with E-state index < -0.39 is 17.4 Å². The predicted octanol–water partition coefficient (Wildman–Crippen LogP) is 2.31. The summed E-state index contributed by atoms with van der Waals surface area (Å²) in [6, 6.07) is 9.45. The second-order valence-electron chi connectivity index (χ2n) is 7.19. The fourth-order valence-electron chi connectivity index (χ4n) is 3.20. The number of unbranched alkanes of at least 4 members (excludes halogenated alkanes) is 1. The van der Waals surface area contributed by atoms with Crippen LogP contribution < -0.4 is 5.26 Å². The van der Waals surface area contributed by atoms with Crippen LogP contribution in [-0.4, -0.2) is 37.7 Å². The van der Waals surface area contributed by atoms with E-state index >= 15 is 0 Å². The quantitative estimate of drug-likeness (QED) is 0.147. The number of hydrogen-bond donors (Lipinski definition) is 1. The molecule has 0 aliphatic carbocycles. The lowest BCUT2D eigenvalue weighted by Crippen LogP contribution is -2.42. The van der Waals surface area contributed by atoms with Gasteiger partial charge in [0.05, 0.1) is 6.61 Å². The molecule has 0 aliphatic rings. The third-order valence-electron chi connectivity index (χ3n) is 4.92. The average molecular weight is 443 g/mol. The Bertz CT molecular complexity index is 798. The van der Waals surface area contributed by atoms with Crippen LogP contribution >= 0.6 is 0 Å². The molecular weight excluding hydrogens is 410 g/mol. The van der Waals surface area contributed by atoms with Crippen LogP contribution in [0.2, 0.25) is 0 Å². The average Bonchev–Trinajstić information content (AvgIpc) is 2.81. The Hall–Kier alpha value is -3.40. The maximum atomic E-state index is 13.1. The molecule has 0 amide bonds. The van der Waals surface area contributed by atoms with Gasteiger partial charge in [-0.3, -0.25) is 14.4 Å². The number of carbonyl (C=O) groups is 3. The van der Waals surface area contributed by atoms with E-state index in [2.05, 4.69) is 19.2 Å². The van der Waals surface area contributed by atoms with Crippen molar-refractivity contribution in [2.24, 2.45) is 5.41 Å². The first-order valence-electron chi connectivity index (χ1n) is 10.7. The molecule has 0 saturated carbocycles. The summed E-state index contributed by atoms with van der Waals surface area (Å²) in [5.74, 6) is -1.66. The topological polar surface area (TPSA) is 103 Å². The van der Waals surface area contributed by atoms with Gasteiger partial charge in [0.25, 0.3) is 0 Å². The highest BCUT2D eigenvalue weighted by Gasteiger charge is 2.48. The molecule has 0 fully saturated rings. The summed E-state index contributed by atoms with van der Waals surface area (Å²) in [7, 11) is 0. The van der Waals surface area contributed by atoms with Crippen molar-refractivity contribution in [2.75, 3.05) is 19.8 Å². The van der Waals surface area contributed by atoms with Crippen LogP contribution in [0.4, 0.5) is 0 Å². The van der Waals surface area contributed by atoms with Crippen LogP contribution in [0.3, 0.4) is 0 Å². The summed E-state index contributed by atoms with van der Waals surface area (Å²) < 4.78 is 15.5. The van der Waals surface area contributed by atoms with Gasteiger partial charge in [0.2, 0.25) is 0 Å². The van der Waals surface area contributed by atoms with Crippen LogP contribution in [0.15, 0.2) is 49.6 Å². The second kappa shape index (κ2) is 14.6. The summed E-state index contributed by atoms with van der Waals surface area (Å²) in [5.41, 5.74) is 0.00947. The number of hydrogen-bond acceptors (Lipinski definition) is 6. The third kappa shape index (κ3) is 8.38. The zero-order valence-electron chi connectivity index (χ0n) is 18.7. The highest BCUT2D eigenvalue weighted by Crippen LogP contribution is 2.35. The number of carbonyl (C=O) groups excluding carboxylic acids is 3. The first-order valence-corrected chi connectivity index (χ1v) is 10.7. The molecule has 0 unspecified atom stereocenters. The molecule has 1 N–H and O–H groups in total. The van der Waals surface area contributed by atoms with Gasteiger partial charge in [-0.1, -0.05) is 49.1 Å². The van der Waals surface area contributed by atoms with Crippen LogP contribution in [-0.2, 0) is 35.0 Å². The van der Waals surface area contributed by atoms with E-state index in [4.69, 9.17) is 19.5 Å². The number of benzene rings is 1. The predicted molar refractivity (Wildman–Crippen MR) is 119 cm³/mol. The zero-order valence-corrected chi connectivity index (χ0v) is 18.7. The number of nitrogens with one attached hydrogen (secondary N) is 1. The molecule has 1 aromatic rings. The highest BCUT2D eigenvalue weighted by atomic mass is 16.6. The number of aryl methyl sites for hydroxylation is 1. The van der Waals surface area contributed by atoms with Crippen molar-refractivity contribution in [1.29, 1.82) is 0 Å². The van der Waals surface area contributed by atoms with Gasteiger partial charge in [-0.2, -0.15) is 0 Å². The fraction of sp³-hybridized carbons (Fsp3) is 0.440. The molecule has 0 aliphatic heterocycles. The molecule has 172 valence electrons. The second-order valence-corrected chi connectivity index (χ2v) is 7.19. The van der Waals surface area contributed by atoms with Gasteiger partial charge in [-0.15, -0.1) is 0 Å². The van der Waals surface area contributed by atoms with Crippen molar-refractivity contribution < 1.29 is 33.9 Å². The fourth-order valence-corrected chi connectivity index (χ4v) is 3.20. The molecule has 1 aromatic carbocycles. The van der Waals surface area contributed by atoms with Gasteiger partial charge >= 0.3 is 24.0 Å². The summed E-state index contributed by atoms with van der Waals surface area (Å²) in [6.45, 7) is 9.09. The monoisotopic (exact) mass is 442 g/mol. The van der Waals surface area contributed by atoms with Gasteiger partial charge < -0.3 is 14.2 Å². The van der Waals surface area contributed by atoms with E-state index in [1.54, 1.807) is 19.1 Å². The minimum absolute atomic E-state index is 0.0258. The minimum atomic E-state index is -1.52. The first-order chi connectivity index (χ1) is 15.4. The number of rotatable bonds is 15. The molecule has 0 heterocycles. The summed E-state index contributed by atoms with van der Waals surface area (Å²) in [4.78, 5) is 37.8. The van der Waals surface area contributed by atoms with Crippen LogP contribution in [0.25, 0.3) is 0 Å². The van der Waals surface area contributed by atoms with E-state index in [-0.39, 0.29) is 38.4 Å². The molecule has 0 aromatic heterocycles. The first kappa shape index (κ1) is 26.6. The van der Waals surface area contributed by atoms with E-state index in [0.29, 0.717) is 31.4 Å². The van der Waals surface area contributed by atoms with E-state index in [1.807, 2.05) is 12.1 Å². The van der Waals surface area contributed by atoms with Crippen molar-refractivity contribution in [2.45, 2.75) is 45.4 Å². The molecule has 32 heavy (non-hydrogen) atoms. The Balaban J connectivity index is 3.08. The standard InChI is InChI=1S/C25H31NO6/c1-4-17-31-23(28)25(24(29)32-18-5-2,15-8-7-9-22(27)30-6-3)16-14-20-10-12-21(19-26)13-11-20/h4-5,10-13H,1-2,6-9,14-18H2,3H3/p+1. The SMILES string of the molecule is C=CCOC(=O)C(CCCCC(=O)OCC)(CCc1ccc(C#[NH+])cc1)C(=O)OCC=C. The van der Waals surface area contributed by atoms with Gasteiger partial charge in [0, 0.05) is 6.42 Å². The van der Waals surface area contributed by atoms with Crippen molar-refractivity contribution in [3.05, 3.63) is 60.7 Å². The van der Waals surface area contributed by atoms with Gasteiger partial charge in [0.1, 0.15) is 18.8 Å². The Labute approximate surface area is 189 Å². The van der Waals surface area contributed by atoms with Crippen LogP contribution in [0, 0.1) is 11.5 Å². The molecule has 0 atom stereocenters. The van der Waals surface area contributed by atoms with Gasteiger partial charge in [-0.25, -0.2) is 0 Å². The molecule has 1 rings (SSSR count). The van der Waals surface area contributed by atoms with Crippen LogP contribution in [0.1, 0.15) is 50.2 Å². The Morgan fingerprint density at radius 1 is 0.969 bits per heavy atom. The molecule has 0 spiro atoms. The minimum Gasteiger partial charge on any atom is -0.466 e. The lowest BCUT2D eigenvalue weighted by Gasteiger charge is -2.29. The summed E-state index contributed by atoms with van der Waals surface area (Å²) in [6.07, 6.45) is 4.74. The number of ether oxygens (including phenoxy) is 3. The van der Waals surface area contributed by atoms with E-state index in [1.165, 1.54) is 12.2 Å². The molecule has 0 bridgehead atoms. The van der Waals surface area contributed by atoms with Gasteiger partial charge in [0.15, 0.2) is 5.41 Å². The summed E-state index contributed by atoms with van der Waals surface area (Å²) in [5, 5.41) is 7.19. The largest absolute Gasteiger partial charge is 0.466 e. The lowest BCUT2D eigenvalue weighted by molar-refractivity contribution is -0.172. The van der Waals surface area contributed by atoms with Crippen molar-refractivity contribution in [3.63, 3.8) is 0 Å². The van der Waals surface area contributed by atoms with Gasteiger partial charge in [-0.05, 0) is 50.3 Å².